The number of aryl methyl sites for hydroxylation is 1. The van der Waals surface area contributed by atoms with Gasteiger partial charge in [-0.05, 0) is 52.1 Å². The largest absolute Gasteiger partial charge is 0.361 e. The monoisotopic (exact) mass is 381 g/mol. The van der Waals surface area contributed by atoms with Crippen LogP contribution >= 0.6 is 0 Å². The minimum Gasteiger partial charge on any atom is -0.361 e. The fourth-order valence-electron chi connectivity index (χ4n) is 3.57. The number of allylic oxidation sites excluding steroid dienone is 1. The van der Waals surface area contributed by atoms with Gasteiger partial charge in [0, 0.05) is 24.6 Å². The van der Waals surface area contributed by atoms with Gasteiger partial charge in [-0.2, -0.15) is 0 Å². The van der Waals surface area contributed by atoms with Crippen LogP contribution in [0.1, 0.15) is 44.3 Å². The number of nitrogens with one attached hydrogen (secondary N) is 1. The Morgan fingerprint density at radius 3 is 2.86 bits per heavy atom. The molecule has 0 bridgehead atoms. The minimum absolute atomic E-state index is 0.102. The average molecular weight is 382 g/mol. The Labute approximate surface area is 167 Å². The van der Waals surface area contributed by atoms with E-state index in [0.29, 0.717) is 6.54 Å². The first kappa shape index (κ1) is 20.3. The van der Waals surface area contributed by atoms with Crippen molar-refractivity contribution in [3.8, 4) is 11.3 Å². The summed E-state index contributed by atoms with van der Waals surface area (Å²) in [6.07, 6.45) is 10.1. The first-order valence-electron chi connectivity index (χ1n) is 10.3. The third-order valence-electron chi connectivity index (χ3n) is 5.16. The number of nitrogens with zero attached hydrogens (tertiary/aromatic N) is 2. The summed E-state index contributed by atoms with van der Waals surface area (Å²) < 4.78 is 5.44. The van der Waals surface area contributed by atoms with E-state index in [9.17, 15) is 4.79 Å². The molecule has 1 heterocycles. The quantitative estimate of drug-likeness (QED) is 0.626. The second-order valence-corrected chi connectivity index (χ2v) is 7.59. The highest BCUT2D eigenvalue weighted by Crippen LogP contribution is 2.20. The van der Waals surface area contributed by atoms with Crippen molar-refractivity contribution in [2.75, 3.05) is 26.7 Å². The Kier molecular flexibility index (Phi) is 7.85. The zero-order chi connectivity index (χ0) is 19.6. The van der Waals surface area contributed by atoms with E-state index in [0.717, 1.165) is 49.4 Å². The maximum atomic E-state index is 12.1. The summed E-state index contributed by atoms with van der Waals surface area (Å²) in [5.74, 6) is 0.988. The molecule has 28 heavy (non-hydrogen) atoms. The van der Waals surface area contributed by atoms with Crippen LogP contribution in [-0.4, -0.2) is 42.6 Å². The lowest BCUT2D eigenvalue weighted by atomic mass is 9.97. The molecule has 0 aliphatic heterocycles. The predicted octanol–water partition coefficient (Wildman–Crippen LogP) is 4.21. The van der Waals surface area contributed by atoms with E-state index < -0.39 is 0 Å². The van der Waals surface area contributed by atoms with E-state index >= 15 is 0 Å². The van der Waals surface area contributed by atoms with Gasteiger partial charge in [0.15, 0.2) is 0 Å². The van der Waals surface area contributed by atoms with Gasteiger partial charge in [0.05, 0.1) is 6.54 Å². The number of hydrogen-bond acceptors (Lipinski definition) is 4. The fraction of sp³-hybridized carbons (Fsp3) is 0.478. The van der Waals surface area contributed by atoms with Gasteiger partial charge >= 0.3 is 0 Å². The summed E-state index contributed by atoms with van der Waals surface area (Å²) in [6, 6.07) is 12.0. The Morgan fingerprint density at radius 2 is 2.07 bits per heavy atom. The molecule has 0 atom stereocenters. The molecule has 0 saturated carbocycles. The van der Waals surface area contributed by atoms with Crippen molar-refractivity contribution in [2.45, 2.75) is 44.9 Å². The van der Waals surface area contributed by atoms with E-state index in [1.807, 2.05) is 43.4 Å². The van der Waals surface area contributed by atoms with E-state index in [2.05, 4.69) is 21.4 Å². The maximum absolute atomic E-state index is 12.1. The van der Waals surface area contributed by atoms with E-state index in [4.69, 9.17) is 4.52 Å². The molecular formula is C23H31N3O2. The maximum Gasteiger partial charge on any atom is 0.234 e. The van der Waals surface area contributed by atoms with Crippen molar-refractivity contribution in [2.24, 2.45) is 0 Å². The van der Waals surface area contributed by atoms with Gasteiger partial charge in [-0.1, -0.05) is 47.1 Å². The Bertz CT molecular complexity index is 767. The molecule has 2 aromatic rings. The van der Waals surface area contributed by atoms with Crippen LogP contribution in [0, 0.1) is 0 Å². The SMILES string of the molecule is CN(CCCc1cc(-c2ccccc2)no1)CC(=O)NCCC1=CCCCC1. The normalized spacial score (nSPS) is 14.1. The topological polar surface area (TPSA) is 58.4 Å². The van der Waals surface area contributed by atoms with Crippen LogP contribution in [0.5, 0.6) is 0 Å². The van der Waals surface area contributed by atoms with Crippen LogP contribution in [0.4, 0.5) is 0 Å². The summed E-state index contributed by atoms with van der Waals surface area (Å²) >= 11 is 0. The summed E-state index contributed by atoms with van der Waals surface area (Å²) in [7, 11) is 1.99. The highest BCUT2D eigenvalue weighted by molar-refractivity contribution is 5.77. The lowest BCUT2D eigenvalue weighted by Gasteiger charge is -2.16. The number of likely N-dealkylation sites (N-methyl/N-ethyl adjacent to an activating group) is 1. The summed E-state index contributed by atoms with van der Waals surface area (Å²) in [5, 5.41) is 7.19. The van der Waals surface area contributed by atoms with Crippen LogP contribution in [0.25, 0.3) is 11.3 Å². The van der Waals surface area contributed by atoms with Gasteiger partial charge in [0.2, 0.25) is 5.91 Å². The second kappa shape index (κ2) is 10.8. The van der Waals surface area contributed by atoms with Crippen LogP contribution in [0.2, 0.25) is 0 Å². The molecular weight excluding hydrogens is 350 g/mol. The van der Waals surface area contributed by atoms with Gasteiger partial charge in [-0.15, -0.1) is 0 Å². The molecule has 0 radical (unpaired) electrons. The second-order valence-electron chi connectivity index (χ2n) is 7.59. The van der Waals surface area contributed by atoms with E-state index in [1.165, 1.54) is 31.3 Å². The van der Waals surface area contributed by atoms with Crippen LogP contribution in [-0.2, 0) is 11.2 Å². The number of rotatable bonds is 10. The average Bonchev–Trinajstić information content (AvgIpc) is 3.18. The molecule has 1 aromatic carbocycles. The van der Waals surface area contributed by atoms with Crippen molar-refractivity contribution in [3.63, 3.8) is 0 Å². The standard InChI is InChI=1S/C23H31N3O2/c1-26(18-23(27)24-15-14-19-9-4-2-5-10-19)16-8-13-21-17-22(25-28-21)20-11-6-3-7-12-20/h3,6-7,9,11-12,17H,2,4-5,8,10,13-16,18H2,1H3,(H,24,27). The third-order valence-corrected chi connectivity index (χ3v) is 5.16. The molecule has 1 aliphatic carbocycles. The molecule has 1 N–H and O–H groups in total. The van der Waals surface area contributed by atoms with Crippen molar-refractivity contribution < 1.29 is 9.32 Å². The van der Waals surface area contributed by atoms with Crippen molar-refractivity contribution in [1.82, 2.24) is 15.4 Å². The number of aromatic nitrogens is 1. The molecule has 0 fully saturated rings. The lowest BCUT2D eigenvalue weighted by Crippen LogP contribution is -2.36. The highest BCUT2D eigenvalue weighted by Gasteiger charge is 2.10. The van der Waals surface area contributed by atoms with Crippen molar-refractivity contribution in [1.29, 1.82) is 0 Å². The molecule has 1 aromatic heterocycles. The Hall–Kier alpha value is -2.40. The summed E-state index contributed by atoms with van der Waals surface area (Å²) in [6.45, 7) is 2.03. The molecule has 150 valence electrons. The smallest absolute Gasteiger partial charge is 0.234 e. The van der Waals surface area contributed by atoms with Gasteiger partial charge in [-0.3, -0.25) is 9.69 Å². The van der Waals surface area contributed by atoms with Gasteiger partial charge in [0.1, 0.15) is 11.5 Å². The number of carbonyl (C=O) groups excluding carboxylic acids is 1. The summed E-state index contributed by atoms with van der Waals surface area (Å²) in [5.41, 5.74) is 3.44. The van der Waals surface area contributed by atoms with Crippen LogP contribution < -0.4 is 5.32 Å². The van der Waals surface area contributed by atoms with Crippen LogP contribution in [0.3, 0.4) is 0 Å². The minimum atomic E-state index is 0.102. The number of hydrogen-bond donors (Lipinski definition) is 1. The lowest BCUT2D eigenvalue weighted by molar-refractivity contribution is -0.121. The summed E-state index contributed by atoms with van der Waals surface area (Å²) in [4.78, 5) is 14.1. The number of benzene rings is 1. The number of carbonyl (C=O) groups is 1. The Morgan fingerprint density at radius 1 is 1.21 bits per heavy atom. The van der Waals surface area contributed by atoms with Crippen molar-refractivity contribution >= 4 is 5.91 Å². The molecule has 0 spiro atoms. The molecule has 1 amide bonds. The first-order valence-corrected chi connectivity index (χ1v) is 10.3. The van der Waals surface area contributed by atoms with Gasteiger partial charge < -0.3 is 9.84 Å². The fourth-order valence-corrected chi connectivity index (χ4v) is 3.57. The molecule has 3 rings (SSSR count). The van der Waals surface area contributed by atoms with Crippen LogP contribution in [0.15, 0.2) is 52.6 Å². The zero-order valence-corrected chi connectivity index (χ0v) is 16.8. The third kappa shape index (κ3) is 6.64. The molecule has 0 unspecified atom stereocenters. The molecule has 5 nitrogen and oxygen atoms in total. The van der Waals surface area contributed by atoms with Gasteiger partial charge in [-0.25, -0.2) is 0 Å². The van der Waals surface area contributed by atoms with E-state index in [1.54, 1.807) is 0 Å². The Balaban J connectivity index is 1.31. The molecule has 1 aliphatic rings. The molecule has 0 saturated heterocycles. The predicted molar refractivity (Wildman–Crippen MR) is 112 cm³/mol. The number of amides is 1. The zero-order valence-electron chi connectivity index (χ0n) is 16.8. The van der Waals surface area contributed by atoms with Crippen molar-refractivity contribution in [3.05, 3.63) is 53.8 Å². The highest BCUT2D eigenvalue weighted by atomic mass is 16.5. The van der Waals surface area contributed by atoms with Gasteiger partial charge in [0.25, 0.3) is 0 Å². The molecule has 5 heteroatoms. The first-order chi connectivity index (χ1) is 13.7. The van der Waals surface area contributed by atoms with E-state index in [-0.39, 0.29) is 5.91 Å².